The SMILES string of the molecule is CN=C(NCCNS(=O)(=O)c1cccc(Cl)c1)NCc1ccccc1OC(F)F. The highest BCUT2D eigenvalue weighted by molar-refractivity contribution is 7.89. The van der Waals surface area contributed by atoms with Crippen molar-refractivity contribution in [3.05, 3.63) is 59.1 Å². The number of alkyl halides is 2. The molecule has 11 heteroatoms. The molecule has 0 heterocycles. The summed E-state index contributed by atoms with van der Waals surface area (Å²) < 4.78 is 56.3. The fraction of sp³-hybridized carbons (Fsp3) is 0.278. The number of para-hydroxylation sites is 1. The predicted molar refractivity (Wildman–Crippen MR) is 108 cm³/mol. The van der Waals surface area contributed by atoms with Crippen molar-refractivity contribution < 1.29 is 21.9 Å². The molecule has 158 valence electrons. The first kappa shape index (κ1) is 22.9. The first-order valence-corrected chi connectivity index (χ1v) is 10.4. The number of sulfonamides is 1. The van der Waals surface area contributed by atoms with E-state index in [-0.39, 0.29) is 30.3 Å². The van der Waals surface area contributed by atoms with E-state index in [1.807, 2.05) is 0 Å². The van der Waals surface area contributed by atoms with Gasteiger partial charge in [0, 0.05) is 37.3 Å². The van der Waals surface area contributed by atoms with Crippen molar-refractivity contribution in [2.24, 2.45) is 4.99 Å². The van der Waals surface area contributed by atoms with Gasteiger partial charge < -0.3 is 15.4 Å². The Morgan fingerprint density at radius 2 is 1.90 bits per heavy atom. The number of nitrogens with zero attached hydrogens (tertiary/aromatic N) is 1. The molecule has 0 radical (unpaired) electrons. The topological polar surface area (TPSA) is 91.8 Å². The fourth-order valence-electron chi connectivity index (χ4n) is 2.34. The molecular weight excluding hydrogens is 426 g/mol. The molecule has 2 aromatic carbocycles. The average Bonchev–Trinajstić information content (AvgIpc) is 2.68. The molecule has 0 saturated heterocycles. The van der Waals surface area contributed by atoms with Crippen LogP contribution in [0.5, 0.6) is 5.75 Å². The second-order valence-electron chi connectivity index (χ2n) is 5.69. The molecule has 0 bridgehead atoms. The smallest absolute Gasteiger partial charge is 0.387 e. The number of rotatable bonds is 9. The maximum Gasteiger partial charge on any atom is 0.387 e. The van der Waals surface area contributed by atoms with Gasteiger partial charge in [-0.25, -0.2) is 13.1 Å². The van der Waals surface area contributed by atoms with Crippen LogP contribution in [0.4, 0.5) is 8.78 Å². The monoisotopic (exact) mass is 446 g/mol. The third-order valence-electron chi connectivity index (χ3n) is 3.67. The van der Waals surface area contributed by atoms with Gasteiger partial charge in [-0.3, -0.25) is 4.99 Å². The Morgan fingerprint density at radius 1 is 1.14 bits per heavy atom. The predicted octanol–water partition coefficient (Wildman–Crippen LogP) is 2.58. The summed E-state index contributed by atoms with van der Waals surface area (Å²) in [7, 11) is -2.15. The molecule has 0 atom stereocenters. The van der Waals surface area contributed by atoms with Gasteiger partial charge in [-0.1, -0.05) is 35.9 Å². The zero-order valence-corrected chi connectivity index (χ0v) is 17.1. The molecule has 0 fully saturated rings. The Labute approximate surface area is 173 Å². The zero-order chi connectivity index (χ0) is 21.3. The molecule has 0 saturated carbocycles. The minimum atomic E-state index is -3.68. The average molecular weight is 447 g/mol. The molecule has 0 aliphatic rings. The molecule has 2 rings (SSSR count). The number of hydrogen-bond donors (Lipinski definition) is 3. The van der Waals surface area contributed by atoms with Crippen LogP contribution in [-0.2, 0) is 16.6 Å². The summed E-state index contributed by atoms with van der Waals surface area (Å²) in [6, 6.07) is 12.3. The van der Waals surface area contributed by atoms with E-state index >= 15 is 0 Å². The van der Waals surface area contributed by atoms with Gasteiger partial charge in [-0.15, -0.1) is 0 Å². The number of benzene rings is 2. The zero-order valence-electron chi connectivity index (χ0n) is 15.5. The fourth-order valence-corrected chi connectivity index (χ4v) is 3.68. The highest BCUT2D eigenvalue weighted by Gasteiger charge is 2.13. The number of hydrogen-bond acceptors (Lipinski definition) is 4. The van der Waals surface area contributed by atoms with Gasteiger partial charge in [0.05, 0.1) is 4.90 Å². The summed E-state index contributed by atoms with van der Waals surface area (Å²) in [5, 5.41) is 6.21. The largest absolute Gasteiger partial charge is 0.434 e. The number of ether oxygens (including phenoxy) is 1. The Kier molecular flexibility index (Phi) is 8.62. The Balaban J connectivity index is 1.83. The maximum atomic E-state index is 12.5. The van der Waals surface area contributed by atoms with Crippen LogP contribution in [-0.4, -0.2) is 41.1 Å². The lowest BCUT2D eigenvalue weighted by Crippen LogP contribution is -2.41. The van der Waals surface area contributed by atoms with E-state index in [0.717, 1.165) is 0 Å². The summed E-state index contributed by atoms with van der Waals surface area (Å²) in [5.74, 6) is 0.443. The van der Waals surface area contributed by atoms with Gasteiger partial charge >= 0.3 is 6.61 Å². The van der Waals surface area contributed by atoms with E-state index < -0.39 is 16.6 Å². The molecule has 0 aliphatic heterocycles. The molecule has 0 unspecified atom stereocenters. The number of aliphatic imine (C=N–C) groups is 1. The van der Waals surface area contributed by atoms with E-state index in [4.69, 9.17) is 11.6 Å². The van der Waals surface area contributed by atoms with Crippen molar-refractivity contribution in [2.75, 3.05) is 20.1 Å². The molecule has 0 amide bonds. The minimum absolute atomic E-state index is 0.0692. The lowest BCUT2D eigenvalue weighted by Gasteiger charge is -2.14. The summed E-state index contributed by atoms with van der Waals surface area (Å²) in [6.07, 6.45) is 0. The van der Waals surface area contributed by atoms with Crippen LogP contribution in [0, 0.1) is 0 Å². The standard InChI is InChI=1S/C18H21ClF2N4O3S/c1-22-18(24-12-13-5-2-3-8-16(13)28-17(20)21)23-9-10-25-29(26,27)15-7-4-6-14(19)11-15/h2-8,11,17,25H,9-10,12H2,1H3,(H2,22,23,24). The van der Waals surface area contributed by atoms with Crippen LogP contribution in [0.25, 0.3) is 0 Å². The van der Waals surface area contributed by atoms with Crippen LogP contribution < -0.4 is 20.1 Å². The molecule has 0 spiro atoms. The van der Waals surface area contributed by atoms with Crippen LogP contribution in [0.1, 0.15) is 5.56 Å². The van der Waals surface area contributed by atoms with E-state index in [1.165, 1.54) is 25.2 Å². The third kappa shape index (κ3) is 7.48. The normalized spacial score (nSPS) is 12.1. The Morgan fingerprint density at radius 3 is 2.59 bits per heavy atom. The van der Waals surface area contributed by atoms with E-state index in [1.54, 1.807) is 30.3 Å². The van der Waals surface area contributed by atoms with E-state index in [0.29, 0.717) is 16.5 Å². The highest BCUT2D eigenvalue weighted by Crippen LogP contribution is 2.20. The lowest BCUT2D eigenvalue weighted by atomic mass is 10.2. The van der Waals surface area contributed by atoms with Gasteiger partial charge in [-0.2, -0.15) is 8.78 Å². The van der Waals surface area contributed by atoms with Gasteiger partial charge in [0.1, 0.15) is 5.75 Å². The Bertz CT molecular complexity index is 942. The van der Waals surface area contributed by atoms with Crippen molar-refractivity contribution in [3.8, 4) is 5.75 Å². The summed E-state index contributed by atoms with van der Waals surface area (Å²) in [5.41, 5.74) is 0.525. The third-order valence-corrected chi connectivity index (χ3v) is 5.37. The molecule has 29 heavy (non-hydrogen) atoms. The van der Waals surface area contributed by atoms with Gasteiger partial charge in [0.2, 0.25) is 10.0 Å². The van der Waals surface area contributed by atoms with Crippen LogP contribution >= 0.6 is 11.6 Å². The molecule has 0 aromatic heterocycles. The second-order valence-corrected chi connectivity index (χ2v) is 7.90. The van der Waals surface area contributed by atoms with Crippen molar-refractivity contribution in [1.82, 2.24) is 15.4 Å². The second kappa shape index (κ2) is 10.9. The van der Waals surface area contributed by atoms with Crippen LogP contribution in [0.15, 0.2) is 58.4 Å². The summed E-state index contributed by atoms with van der Waals surface area (Å²) in [6.45, 7) is -2.38. The van der Waals surface area contributed by atoms with Crippen molar-refractivity contribution in [1.29, 1.82) is 0 Å². The summed E-state index contributed by atoms with van der Waals surface area (Å²) in [4.78, 5) is 4.08. The summed E-state index contributed by atoms with van der Waals surface area (Å²) >= 11 is 5.82. The minimum Gasteiger partial charge on any atom is -0.434 e. The maximum absolute atomic E-state index is 12.5. The first-order valence-electron chi connectivity index (χ1n) is 8.54. The van der Waals surface area contributed by atoms with Crippen molar-refractivity contribution in [2.45, 2.75) is 18.1 Å². The molecule has 7 nitrogen and oxygen atoms in total. The number of nitrogens with one attached hydrogen (secondary N) is 3. The molecule has 0 aliphatic carbocycles. The Hall–Kier alpha value is -2.43. The van der Waals surface area contributed by atoms with E-state index in [2.05, 4.69) is 25.1 Å². The van der Waals surface area contributed by atoms with Crippen LogP contribution in [0.2, 0.25) is 5.02 Å². The first-order chi connectivity index (χ1) is 13.8. The van der Waals surface area contributed by atoms with Crippen molar-refractivity contribution in [3.63, 3.8) is 0 Å². The van der Waals surface area contributed by atoms with Gasteiger partial charge in [-0.05, 0) is 24.3 Å². The van der Waals surface area contributed by atoms with E-state index in [9.17, 15) is 17.2 Å². The van der Waals surface area contributed by atoms with Gasteiger partial charge in [0.15, 0.2) is 5.96 Å². The quantitative estimate of drug-likeness (QED) is 0.313. The van der Waals surface area contributed by atoms with Crippen molar-refractivity contribution >= 4 is 27.6 Å². The molecule has 3 N–H and O–H groups in total. The van der Waals surface area contributed by atoms with Gasteiger partial charge in [0.25, 0.3) is 0 Å². The lowest BCUT2D eigenvalue weighted by molar-refractivity contribution is -0.0504. The number of guanidine groups is 1. The molecule has 2 aromatic rings. The van der Waals surface area contributed by atoms with Crippen LogP contribution in [0.3, 0.4) is 0 Å². The molecular formula is C18H21ClF2N4O3S. The number of halogens is 3. The highest BCUT2D eigenvalue weighted by atomic mass is 35.5.